The van der Waals surface area contributed by atoms with Crippen molar-refractivity contribution in [3.8, 4) is 5.75 Å². The molecule has 2 atom stereocenters. The van der Waals surface area contributed by atoms with Crippen LogP contribution in [-0.4, -0.2) is 11.1 Å². The molecule has 0 fully saturated rings. The van der Waals surface area contributed by atoms with Gasteiger partial charge in [0.25, 0.3) is 0 Å². The third-order valence-corrected chi connectivity index (χ3v) is 4.40. The normalized spacial score (nSPS) is 14.2. The minimum atomic E-state index is 0.208. The third-order valence-electron chi connectivity index (χ3n) is 3.26. The van der Waals surface area contributed by atoms with E-state index in [4.69, 9.17) is 4.74 Å². The number of benzene rings is 1. The van der Waals surface area contributed by atoms with Crippen molar-refractivity contribution in [1.82, 2.24) is 10.3 Å². The Kier molecular flexibility index (Phi) is 5.37. The molecule has 1 N–H and O–H groups in total. The lowest BCUT2D eigenvalue weighted by Gasteiger charge is -2.19. The highest BCUT2D eigenvalue weighted by Crippen LogP contribution is 2.23. The molecule has 1 heterocycles. The zero-order valence-electron chi connectivity index (χ0n) is 13.4. The van der Waals surface area contributed by atoms with Gasteiger partial charge < -0.3 is 10.1 Å². The van der Waals surface area contributed by atoms with Crippen LogP contribution in [0.5, 0.6) is 5.75 Å². The first kappa shape index (κ1) is 16.0. The summed E-state index contributed by atoms with van der Waals surface area (Å²) in [6.07, 6.45) is 0.208. The van der Waals surface area contributed by atoms with Gasteiger partial charge in [-0.05, 0) is 52.3 Å². The average Bonchev–Trinajstić information content (AvgIpc) is 2.85. The van der Waals surface area contributed by atoms with Crippen LogP contribution in [0.3, 0.4) is 0 Å². The molecular formula is C17H24N2OS. The highest BCUT2D eigenvalue weighted by Gasteiger charge is 2.13. The molecule has 0 spiro atoms. The molecule has 0 aliphatic rings. The maximum Gasteiger partial charge on any atom is 0.119 e. The van der Waals surface area contributed by atoms with Crippen molar-refractivity contribution in [3.63, 3.8) is 0 Å². The molecule has 0 aliphatic heterocycles. The largest absolute Gasteiger partial charge is 0.491 e. The molecule has 2 aromatic rings. The number of hydrogen-bond acceptors (Lipinski definition) is 4. The van der Waals surface area contributed by atoms with E-state index in [2.05, 4.69) is 41.7 Å². The van der Waals surface area contributed by atoms with E-state index < -0.39 is 0 Å². The first-order chi connectivity index (χ1) is 9.95. The van der Waals surface area contributed by atoms with Gasteiger partial charge in [-0.3, -0.25) is 0 Å². The second-order valence-electron chi connectivity index (χ2n) is 5.67. The third kappa shape index (κ3) is 4.55. The predicted molar refractivity (Wildman–Crippen MR) is 89.0 cm³/mol. The summed E-state index contributed by atoms with van der Waals surface area (Å²) in [4.78, 5) is 4.54. The van der Waals surface area contributed by atoms with Crippen molar-refractivity contribution in [1.29, 1.82) is 0 Å². The van der Waals surface area contributed by atoms with E-state index >= 15 is 0 Å². The fourth-order valence-corrected chi connectivity index (χ4v) is 3.03. The average molecular weight is 304 g/mol. The molecule has 0 amide bonds. The van der Waals surface area contributed by atoms with Gasteiger partial charge in [0.05, 0.1) is 12.1 Å². The number of aromatic nitrogens is 1. The summed E-state index contributed by atoms with van der Waals surface area (Å²) in [7, 11) is 0. The van der Waals surface area contributed by atoms with Crippen molar-refractivity contribution in [2.45, 2.75) is 52.8 Å². The molecule has 0 saturated carbocycles. The van der Waals surface area contributed by atoms with Gasteiger partial charge in [0, 0.05) is 17.1 Å². The number of aryl methyl sites for hydroxylation is 1. The summed E-state index contributed by atoms with van der Waals surface area (Å²) in [6, 6.07) is 8.84. The van der Waals surface area contributed by atoms with E-state index in [0.717, 1.165) is 16.5 Å². The number of nitrogens with one attached hydrogen (secondary N) is 1. The lowest BCUT2D eigenvalue weighted by molar-refractivity contribution is 0.242. The van der Waals surface area contributed by atoms with E-state index in [-0.39, 0.29) is 18.2 Å². The van der Waals surface area contributed by atoms with Crippen molar-refractivity contribution in [2.75, 3.05) is 0 Å². The Bertz CT molecular complexity index is 562. The maximum atomic E-state index is 5.67. The second kappa shape index (κ2) is 7.05. The summed E-state index contributed by atoms with van der Waals surface area (Å²) in [5.41, 5.74) is 2.35. The molecule has 21 heavy (non-hydrogen) atoms. The molecule has 3 nitrogen and oxygen atoms in total. The second-order valence-corrected chi connectivity index (χ2v) is 6.56. The zero-order valence-corrected chi connectivity index (χ0v) is 14.2. The Morgan fingerprint density at radius 3 is 2.24 bits per heavy atom. The van der Waals surface area contributed by atoms with Crippen LogP contribution >= 0.6 is 11.3 Å². The van der Waals surface area contributed by atoms with E-state index in [1.54, 1.807) is 11.3 Å². The first-order valence-corrected chi connectivity index (χ1v) is 8.28. The highest BCUT2D eigenvalue weighted by atomic mass is 32.1. The van der Waals surface area contributed by atoms with Gasteiger partial charge in [-0.25, -0.2) is 4.98 Å². The Balaban J connectivity index is 1.98. The first-order valence-electron chi connectivity index (χ1n) is 7.40. The van der Waals surface area contributed by atoms with Gasteiger partial charge in [-0.1, -0.05) is 12.1 Å². The molecule has 0 saturated heterocycles. The van der Waals surface area contributed by atoms with Gasteiger partial charge in [-0.2, -0.15) is 0 Å². The quantitative estimate of drug-likeness (QED) is 0.843. The van der Waals surface area contributed by atoms with Crippen molar-refractivity contribution in [3.05, 3.63) is 45.9 Å². The van der Waals surface area contributed by atoms with Gasteiger partial charge in [0.1, 0.15) is 10.8 Å². The van der Waals surface area contributed by atoms with Gasteiger partial charge in [-0.15, -0.1) is 11.3 Å². The number of hydrogen-bond donors (Lipinski definition) is 1. The van der Waals surface area contributed by atoms with Crippen LogP contribution < -0.4 is 10.1 Å². The zero-order chi connectivity index (χ0) is 15.4. The maximum absolute atomic E-state index is 5.67. The molecule has 4 heteroatoms. The molecular weight excluding hydrogens is 280 g/mol. The summed E-state index contributed by atoms with van der Waals surface area (Å²) in [5.74, 6) is 0.921. The van der Waals surface area contributed by atoms with Crippen molar-refractivity contribution in [2.24, 2.45) is 0 Å². The number of nitrogens with zero attached hydrogens (tertiary/aromatic N) is 1. The standard InChI is InChI=1S/C17H24N2OS/c1-11(2)20-16-8-6-15(7-9-16)13(4)19-14(5)17-18-12(3)10-21-17/h6-11,13-14,19H,1-5H3. The number of rotatable bonds is 6. The summed E-state index contributed by atoms with van der Waals surface area (Å²) in [5, 5.41) is 6.82. The van der Waals surface area contributed by atoms with Crippen LogP contribution in [0.25, 0.3) is 0 Å². The molecule has 2 unspecified atom stereocenters. The fourth-order valence-electron chi connectivity index (χ4n) is 2.22. The Morgan fingerprint density at radius 2 is 1.71 bits per heavy atom. The van der Waals surface area contributed by atoms with Crippen LogP contribution in [0.4, 0.5) is 0 Å². The summed E-state index contributed by atoms with van der Waals surface area (Å²) < 4.78 is 5.67. The Labute approximate surface area is 131 Å². The lowest BCUT2D eigenvalue weighted by Crippen LogP contribution is -2.22. The SMILES string of the molecule is Cc1csc(C(C)NC(C)c2ccc(OC(C)C)cc2)n1. The van der Waals surface area contributed by atoms with Crippen LogP contribution in [0.1, 0.15) is 56.0 Å². The molecule has 0 bridgehead atoms. The van der Waals surface area contributed by atoms with Gasteiger partial charge >= 0.3 is 0 Å². The minimum Gasteiger partial charge on any atom is -0.491 e. The number of thiazole rings is 1. The minimum absolute atomic E-state index is 0.208. The molecule has 1 aromatic carbocycles. The molecule has 114 valence electrons. The summed E-state index contributed by atoms with van der Waals surface area (Å²) >= 11 is 1.71. The molecule has 2 rings (SSSR count). The Hall–Kier alpha value is -1.39. The summed E-state index contributed by atoms with van der Waals surface area (Å²) in [6.45, 7) is 10.4. The smallest absolute Gasteiger partial charge is 0.119 e. The Morgan fingerprint density at radius 1 is 1.05 bits per heavy atom. The van der Waals surface area contributed by atoms with Crippen LogP contribution in [0.2, 0.25) is 0 Å². The van der Waals surface area contributed by atoms with Crippen LogP contribution in [0.15, 0.2) is 29.6 Å². The van der Waals surface area contributed by atoms with Gasteiger partial charge in [0.15, 0.2) is 0 Å². The number of ether oxygens (including phenoxy) is 1. The van der Waals surface area contributed by atoms with E-state index in [0.29, 0.717) is 0 Å². The van der Waals surface area contributed by atoms with E-state index in [9.17, 15) is 0 Å². The molecule has 0 radical (unpaired) electrons. The predicted octanol–water partition coefficient (Wildman–Crippen LogP) is 4.65. The lowest BCUT2D eigenvalue weighted by atomic mass is 10.1. The van der Waals surface area contributed by atoms with E-state index in [1.807, 2.05) is 32.9 Å². The monoisotopic (exact) mass is 304 g/mol. The fraction of sp³-hybridized carbons (Fsp3) is 0.471. The van der Waals surface area contributed by atoms with Crippen LogP contribution in [-0.2, 0) is 0 Å². The van der Waals surface area contributed by atoms with Crippen LogP contribution in [0, 0.1) is 6.92 Å². The van der Waals surface area contributed by atoms with E-state index in [1.165, 1.54) is 5.56 Å². The topological polar surface area (TPSA) is 34.1 Å². The highest BCUT2D eigenvalue weighted by molar-refractivity contribution is 7.09. The molecule has 1 aromatic heterocycles. The van der Waals surface area contributed by atoms with Gasteiger partial charge in [0.2, 0.25) is 0 Å². The molecule has 0 aliphatic carbocycles. The van der Waals surface area contributed by atoms with Crippen molar-refractivity contribution >= 4 is 11.3 Å². The van der Waals surface area contributed by atoms with Crippen molar-refractivity contribution < 1.29 is 4.74 Å².